The van der Waals surface area contributed by atoms with Crippen LogP contribution in [0, 0.1) is 17.5 Å². The van der Waals surface area contributed by atoms with Crippen molar-refractivity contribution < 1.29 is 22.7 Å². The van der Waals surface area contributed by atoms with E-state index < -0.39 is 23.4 Å². The summed E-state index contributed by atoms with van der Waals surface area (Å²) < 4.78 is 45.5. The number of carbonyl (C=O) groups is 1. The number of esters is 1. The molecule has 0 atom stereocenters. The number of benzene rings is 1. The highest BCUT2D eigenvalue weighted by molar-refractivity contribution is 5.69. The molecule has 1 aromatic heterocycles. The number of hydrogen-bond acceptors (Lipinski definition) is 3. The summed E-state index contributed by atoms with van der Waals surface area (Å²) in [6, 6.07) is 1.99. The number of imidazole rings is 1. The van der Waals surface area contributed by atoms with E-state index in [1.165, 1.54) is 24.1 Å². The fourth-order valence-corrected chi connectivity index (χ4v) is 1.73. The Hall–Kier alpha value is -2.31. The van der Waals surface area contributed by atoms with Crippen molar-refractivity contribution in [1.29, 1.82) is 0 Å². The van der Waals surface area contributed by atoms with Gasteiger partial charge in [-0.2, -0.15) is 0 Å². The van der Waals surface area contributed by atoms with Crippen LogP contribution in [-0.2, 0) is 22.5 Å². The normalized spacial score (nSPS) is 10.6. The van der Waals surface area contributed by atoms with E-state index in [2.05, 4.69) is 9.72 Å². The molecule has 0 aliphatic heterocycles. The third kappa shape index (κ3) is 2.81. The zero-order valence-corrected chi connectivity index (χ0v) is 10.6. The summed E-state index contributed by atoms with van der Waals surface area (Å²) in [7, 11) is 1.24. The molecule has 1 heterocycles. The molecular weight excluding hydrogens is 273 g/mol. The van der Waals surface area contributed by atoms with Crippen LogP contribution in [0.1, 0.15) is 11.4 Å². The Labute approximate surface area is 112 Å². The van der Waals surface area contributed by atoms with Crippen LogP contribution in [0.3, 0.4) is 0 Å². The van der Waals surface area contributed by atoms with Gasteiger partial charge in [-0.1, -0.05) is 6.07 Å². The van der Waals surface area contributed by atoms with Crippen LogP contribution in [-0.4, -0.2) is 22.6 Å². The quantitative estimate of drug-likeness (QED) is 0.637. The van der Waals surface area contributed by atoms with Gasteiger partial charge >= 0.3 is 5.97 Å². The zero-order chi connectivity index (χ0) is 14.7. The molecule has 2 rings (SSSR count). The van der Waals surface area contributed by atoms with E-state index >= 15 is 0 Å². The predicted molar refractivity (Wildman–Crippen MR) is 63.4 cm³/mol. The molecule has 0 fully saturated rings. The third-order valence-corrected chi connectivity index (χ3v) is 2.79. The van der Waals surface area contributed by atoms with E-state index in [4.69, 9.17) is 0 Å². The Morgan fingerprint density at radius 2 is 2.05 bits per heavy atom. The molecule has 0 radical (unpaired) electrons. The summed E-state index contributed by atoms with van der Waals surface area (Å²) in [6.07, 6.45) is 2.88. The molecule has 0 N–H and O–H groups in total. The van der Waals surface area contributed by atoms with Crippen molar-refractivity contribution in [2.24, 2.45) is 0 Å². The Balaban J connectivity index is 2.25. The van der Waals surface area contributed by atoms with Crippen LogP contribution >= 0.6 is 0 Å². The first kappa shape index (κ1) is 14.1. The van der Waals surface area contributed by atoms with Crippen LogP contribution in [0.2, 0.25) is 0 Å². The smallest absolute Gasteiger partial charge is 0.325 e. The van der Waals surface area contributed by atoms with Crippen molar-refractivity contribution in [2.45, 2.75) is 13.0 Å². The van der Waals surface area contributed by atoms with E-state index in [9.17, 15) is 18.0 Å². The van der Waals surface area contributed by atoms with Crippen LogP contribution in [0.4, 0.5) is 13.2 Å². The minimum absolute atomic E-state index is 0.0405. The van der Waals surface area contributed by atoms with Gasteiger partial charge in [-0.15, -0.1) is 0 Å². The molecule has 0 spiro atoms. The molecule has 0 aliphatic rings. The summed E-state index contributed by atoms with van der Waals surface area (Å²) in [5.41, 5.74) is -0.0405. The summed E-state index contributed by atoms with van der Waals surface area (Å²) in [4.78, 5) is 15.2. The van der Waals surface area contributed by atoms with E-state index in [1.807, 2.05) is 0 Å². The lowest BCUT2D eigenvalue weighted by molar-refractivity contribution is -0.141. The Bertz CT molecular complexity index is 641. The number of hydrogen-bond donors (Lipinski definition) is 0. The average molecular weight is 284 g/mol. The van der Waals surface area contributed by atoms with Crippen molar-refractivity contribution in [3.63, 3.8) is 0 Å². The van der Waals surface area contributed by atoms with Crippen molar-refractivity contribution in [2.75, 3.05) is 7.11 Å². The van der Waals surface area contributed by atoms with Gasteiger partial charge in [-0.05, 0) is 11.6 Å². The van der Waals surface area contributed by atoms with E-state index in [-0.39, 0.29) is 18.5 Å². The van der Waals surface area contributed by atoms with E-state index in [0.717, 1.165) is 12.1 Å². The molecule has 2 aromatic rings. The first-order valence-electron chi connectivity index (χ1n) is 5.72. The van der Waals surface area contributed by atoms with Crippen molar-refractivity contribution in [3.8, 4) is 0 Å². The summed E-state index contributed by atoms with van der Waals surface area (Å²) >= 11 is 0. The highest BCUT2D eigenvalue weighted by atomic mass is 19.2. The fourth-order valence-electron chi connectivity index (χ4n) is 1.73. The van der Waals surface area contributed by atoms with Gasteiger partial charge in [0.2, 0.25) is 0 Å². The SMILES string of the molecule is COC(=O)Cn1ccnc1Cc1ccc(F)c(F)c1F. The Morgan fingerprint density at radius 3 is 2.75 bits per heavy atom. The monoisotopic (exact) mass is 284 g/mol. The summed E-state index contributed by atoms with van der Waals surface area (Å²) in [5.74, 6) is -4.16. The number of ether oxygens (including phenoxy) is 1. The van der Waals surface area contributed by atoms with Crippen LogP contribution in [0.25, 0.3) is 0 Å². The zero-order valence-electron chi connectivity index (χ0n) is 10.6. The van der Waals surface area contributed by atoms with Crippen molar-refractivity contribution in [3.05, 3.63) is 53.4 Å². The van der Waals surface area contributed by atoms with Crippen LogP contribution in [0.5, 0.6) is 0 Å². The van der Waals surface area contributed by atoms with Crippen LogP contribution < -0.4 is 0 Å². The second-order valence-electron chi connectivity index (χ2n) is 4.06. The molecule has 0 amide bonds. The maximum absolute atomic E-state index is 13.6. The first-order valence-corrected chi connectivity index (χ1v) is 5.72. The molecule has 1 aromatic carbocycles. The molecule has 106 valence electrons. The van der Waals surface area contributed by atoms with E-state index in [0.29, 0.717) is 5.82 Å². The number of rotatable bonds is 4. The van der Waals surface area contributed by atoms with Crippen LogP contribution in [0.15, 0.2) is 24.5 Å². The topological polar surface area (TPSA) is 44.1 Å². The molecule has 20 heavy (non-hydrogen) atoms. The molecule has 0 saturated heterocycles. The number of nitrogens with zero attached hydrogens (tertiary/aromatic N) is 2. The fraction of sp³-hybridized carbons (Fsp3) is 0.231. The lowest BCUT2D eigenvalue weighted by Crippen LogP contribution is -2.14. The highest BCUT2D eigenvalue weighted by Gasteiger charge is 2.16. The average Bonchev–Trinajstić information content (AvgIpc) is 2.86. The minimum atomic E-state index is -1.52. The van der Waals surface area contributed by atoms with Gasteiger partial charge in [0, 0.05) is 18.8 Å². The summed E-state index contributed by atoms with van der Waals surface area (Å²) in [6.45, 7) is -0.0862. The van der Waals surface area contributed by atoms with Crippen molar-refractivity contribution >= 4 is 5.97 Å². The molecule has 4 nitrogen and oxygen atoms in total. The Morgan fingerprint density at radius 1 is 1.30 bits per heavy atom. The van der Waals surface area contributed by atoms with Gasteiger partial charge in [-0.25, -0.2) is 18.2 Å². The molecule has 0 aliphatic carbocycles. The molecule has 0 bridgehead atoms. The van der Waals surface area contributed by atoms with Gasteiger partial charge < -0.3 is 9.30 Å². The van der Waals surface area contributed by atoms with Gasteiger partial charge in [0.25, 0.3) is 0 Å². The maximum Gasteiger partial charge on any atom is 0.325 e. The lowest BCUT2D eigenvalue weighted by Gasteiger charge is -2.08. The highest BCUT2D eigenvalue weighted by Crippen LogP contribution is 2.18. The predicted octanol–water partition coefficient (Wildman–Crippen LogP) is 2.06. The van der Waals surface area contributed by atoms with Gasteiger partial charge in [0.15, 0.2) is 17.5 Å². The van der Waals surface area contributed by atoms with Crippen molar-refractivity contribution in [1.82, 2.24) is 9.55 Å². The number of aromatic nitrogens is 2. The van der Waals surface area contributed by atoms with Gasteiger partial charge in [0.05, 0.1) is 7.11 Å². The first-order chi connectivity index (χ1) is 9.52. The number of carbonyl (C=O) groups excluding carboxylic acids is 1. The summed E-state index contributed by atoms with van der Waals surface area (Å²) in [5, 5.41) is 0. The molecule has 0 unspecified atom stereocenters. The standard InChI is InChI=1S/C13H11F3N2O2/c1-20-11(19)7-18-5-4-17-10(18)6-8-2-3-9(14)13(16)12(8)15/h2-5H,6-7H2,1H3. The molecular formula is C13H11F3N2O2. The molecule has 0 saturated carbocycles. The largest absolute Gasteiger partial charge is 0.468 e. The number of methoxy groups -OCH3 is 1. The maximum atomic E-state index is 13.6. The second kappa shape index (κ2) is 5.77. The third-order valence-electron chi connectivity index (χ3n) is 2.79. The van der Waals surface area contributed by atoms with Gasteiger partial charge in [0.1, 0.15) is 12.4 Å². The minimum Gasteiger partial charge on any atom is -0.468 e. The number of halogens is 3. The Kier molecular flexibility index (Phi) is 4.07. The molecule has 7 heteroatoms. The van der Waals surface area contributed by atoms with Gasteiger partial charge in [-0.3, -0.25) is 4.79 Å². The second-order valence-corrected chi connectivity index (χ2v) is 4.06. The lowest BCUT2D eigenvalue weighted by atomic mass is 10.1. The van der Waals surface area contributed by atoms with E-state index in [1.54, 1.807) is 0 Å².